The number of methoxy groups -OCH3 is 1. The summed E-state index contributed by atoms with van der Waals surface area (Å²) in [6.45, 7) is 0. The van der Waals surface area contributed by atoms with Crippen LogP contribution >= 0.6 is 0 Å². The van der Waals surface area contributed by atoms with Gasteiger partial charge in [-0.05, 0) is 24.3 Å². The van der Waals surface area contributed by atoms with Crippen LogP contribution < -0.4 is 9.64 Å². The van der Waals surface area contributed by atoms with Crippen molar-refractivity contribution in [2.45, 2.75) is 5.60 Å². The number of nitrogens with zero attached hydrogens (tertiary/aromatic N) is 1. The second-order valence-electron chi connectivity index (χ2n) is 5.03. The molecule has 0 aliphatic heterocycles. The molecule has 0 spiro atoms. The number of aliphatic hydroxyl groups is 1. The molecule has 0 fully saturated rings. The van der Waals surface area contributed by atoms with E-state index in [9.17, 15) is 5.11 Å². The van der Waals surface area contributed by atoms with Gasteiger partial charge in [-0.3, -0.25) is 0 Å². The average molecular weight is 281 g/mol. The van der Waals surface area contributed by atoms with Crippen molar-refractivity contribution >= 4 is 5.69 Å². The zero-order valence-electron chi connectivity index (χ0n) is 12.5. The molecule has 2 aromatic rings. The van der Waals surface area contributed by atoms with Crippen LogP contribution in [0.4, 0.5) is 5.69 Å². The topological polar surface area (TPSA) is 32.7 Å². The predicted octanol–water partition coefficient (Wildman–Crippen LogP) is 2.63. The summed E-state index contributed by atoms with van der Waals surface area (Å²) in [7, 11) is 5.49. The van der Waals surface area contributed by atoms with E-state index in [1.165, 1.54) is 0 Å². The first-order valence-corrected chi connectivity index (χ1v) is 6.64. The minimum Gasteiger partial charge on any atom is -0.497 e. The van der Waals surface area contributed by atoms with Gasteiger partial charge in [0.15, 0.2) is 5.60 Å². The van der Waals surface area contributed by atoms with Gasteiger partial charge in [0.1, 0.15) is 5.75 Å². The predicted molar refractivity (Wildman–Crippen MR) is 85.6 cm³/mol. The first-order valence-electron chi connectivity index (χ1n) is 6.64. The van der Waals surface area contributed by atoms with Gasteiger partial charge in [0.25, 0.3) is 0 Å². The lowest BCUT2D eigenvalue weighted by Gasteiger charge is -2.25. The maximum atomic E-state index is 10.9. The highest BCUT2D eigenvalue weighted by Crippen LogP contribution is 2.32. The number of benzene rings is 2. The molecule has 1 N–H and O–H groups in total. The lowest BCUT2D eigenvalue weighted by Crippen LogP contribution is -2.25. The Morgan fingerprint density at radius 1 is 1.10 bits per heavy atom. The maximum Gasteiger partial charge on any atom is 0.176 e. The average Bonchev–Trinajstić information content (AvgIpc) is 2.54. The van der Waals surface area contributed by atoms with Crippen LogP contribution in [-0.2, 0) is 5.60 Å². The summed E-state index contributed by atoms with van der Waals surface area (Å²) in [5.41, 5.74) is 0.830. The standard InChI is InChI=1S/C18H19NO2/c1-5-18(20,14-9-11-17(21-4)12-10-14)15-7-6-8-16(13-15)19(2)3/h1,6-13,20H,2-4H3. The van der Waals surface area contributed by atoms with Crippen LogP contribution in [0.5, 0.6) is 5.75 Å². The van der Waals surface area contributed by atoms with Gasteiger partial charge in [-0.1, -0.05) is 30.2 Å². The van der Waals surface area contributed by atoms with Crippen molar-refractivity contribution in [3.63, 3.8) is 0 Å². The van der Waals surface area contributed by atoms with Gasteiger partial charge in [-0.15, -0.1) is 6.42 Å². The molecule has 0 heterocycles. The van der Waals surface area contributed by atoms with Crippen molar-refractivity contribution in [1.82, 2.24) is 0 Å². The fourth-order valence-electron chi connectivity index (χ4n) is 2.17. The number of rotatable bonds is 4. The number of ether oxygens (including phenoxy) is 1. The van der Waals surface area contributed by atoms with Crippen LogP contribution in [-0.4, -0.2) is 26.3 Å². The number of hydrogen-bond acceptors (Lipinski definition) is 3. The molecule has 0 amide bonds. The van der Waals surface area contributed by atoms with E-state index in [0.29, 0.717) is 11.1 Å². The number of anilines is 1. The van der Waals surface area contributed by atoms with Gasteiger partial charge in [-0.2, -0.15) is 0 Å². The summed E-state index contributed by atoms with van der Waals surface area (Å²) in [5, 5.41) is 10.9. The number of hydrogen-bond donors (Lipinski definition) is 1. The maximum absolute atomic E-state index is 10.9. The van der Waals surface area contributed by atoms with Crippen molar-refractivity contribution in [3.05, 3.63) is 59.7 Å². The molecular weight excluding hydrogens is 262 g/mol. The molecule has 0 aliphatic carbocycles. The first kappa shape index (κ1) is 15.0. The smallest absolute Gasteiger partial charge is 0.176 e. The van der Waals surface area contributed by atoms with Crippen LogP contribution in [0.25, 0.3) is 0 Å². The van der Waals surface area contributed by atoms with Gasteiger partial charge in [0, 0.05) is 30.9 Å². The van der Waals surface area contributed by atoms with E-state index in [4.69, 9.17) is 11.2 Å². The zero-order chi connectivity index (χ0) is 15.5. The Bertz CT molecular complexity index is 656. The minimum absolute atomic E-state index is 0.640. The molecule has 0 radical (unpaired) electrons. The monoisotopic (exact) mass is 281 g/mol. The van der Waals surface area contributed by atoms with Gasteiger partial charge < -0.3 is 14.7 Å². The Kier molecular flexibility index (Phi) is 4.21. The van der Waals surface area contributed by atoms with E-state index < -0.39 is 5.60 Å². The van der Waals surface area contributed by atoms with E-state index in [0.717, 1.165) is 11.4 Å². The van der Waals surface area contributed by atoms with E-state index in [2.05, 4.69) is 5.92 Å². The molecule has 1 atom stereocenters. The van der Waals surface area contributed by atoms with E-state index in [1.807, 2.05) is 43.3 Å². The van der Waals surface area contributed by atoms with Crippen LogP contribution in [0.15, 0.2) is 48.5 Å². The molecule has 21 heavy (non-hydrogen) atoms. The van der Waals surface area contributed by atoms with Crippen LogP contribution in [0.2, 0.25) is 0 Å². The van der Waals surface area contributed by atoms with Crippen molar-refractivity contribution in [3.8, 4) is 18.1 Å². The van der Waals surface area contributed by atoms with Gasteiger partial charge in [-0.25, -0.2) is 0 Å². The molecule has 3 heteroatoms. The lowest BCUT2D eigenvalue weighted by molar-refractivity contribution is 0.145. The highest BCUT2D eigenvalue weighted by molar-refractivity contribution is 5.53. The summed E-state index contributed by atoms with van der Waals surface area (Å²) >= 11 is 0. The first-order chi connectivity index (χ1) is 10.0. The molecule has 108 valence electrons. The Hall–Kier alpha value is -2.44. The second-order valence-corrected chi connectivity index (χ2v) is 5.03. The molecule has 2 rings (SSSR count). The molecule has 0 saturated carbocycles. The molecule has 0 bridgehead atoms. The SMILES string of the molecule is C#CC(O)(c1ccc(OC)cc1)c1cccc(N(C)C)c1. The molecule has 1 unspecified atom stereocenters. The summed E-state index contributed by atoms with van der Waals surface area (Å²) in [6, 6.07) is 14.7. The Morgan fingerprint density at radius 2 is 1.76 bits per heavy atom. The summed E-state index contributed by atoms with van der Waals surface area (Å²) in [4.78, 5) is 1.97. The van der Waals surface area contributed by atoms with Gasteiger partial charge >= 0.3 is 0 Å². The van der Waals surface area contributed by atoms with Crippen molar-refractivity contribution in [2.75, 3.05) is 26.1 Å². The third kappa shape index (κ3) is 2.86. The fourth-order valence-corrected chi connectivity index (χ4v) is 2.17. The normalized spacial score (nSPS) is 13.1. The highest BCUT2D eigenvalue weighted by Gasteiger charge is 2.29. The largest absolute Gasteiger partial charge is 0.497 e. The minimum atomic E-state index is -1.46. The van der Waals surface area contributed by atoms with Crippen molar-refractivity contribution < 1.29 is 9.84 Å². The molecular formula is C18H19NO2. The fraction of sp³-hybridized carbons (Fsp3) is 0.222. The highest BCUT2D eigenvalue weighted by atomic mass is 16.5. The summed E-state index contributed by atoms with van der Waals surface area (Å²) < 4.78 is 5.13. The van der Waals surface area contributed by atoms with Gasteiger partial charge in [0.05, 0.1) is 7.11 Å². The van der Waals surface area contributed by atoms with Crippen molar-refractivity contribution in [1.29, 1.82) is 0 Å². The number of terminal acetylenes is 1. The van der Waals surface area contributed by atoms with E-state index >= 15 is 0 Å². The Balaban J connectivity index is 2.49. The van der Waals surface area contributed by atoms with Crippen LogP contribution in [0.1, 0.15) is 11.1 Å². The van der Waals surface area contributed by atoms with E-state index in [1.54, 1.807) is 31.4 Å². The molecule has 0 aliphatic rings. The Labute approximate surface area is 125 Å². The lowest BCUT2D eigenvalue weighted by atomic mass is 9.87. The summed E-state index contributed by atoms with van der Waals surface area (Å²) in [5.74, 6) is 3.23. The zero-order valence-corrected chi connectivity index (χ0v) is 12.5. The molecule has 0 saturated heterocycles. The summed E-state index contributed by atoms with van der Waals surface area (Å²) in [6.07, 6.45) is 5.62. The quantitative estimate of drug-likeness (QED) is 0.875. The molecule has 3 nitrogen and oxygen atoms in total. The third-order valence-corrected chi connectivity index (χ3v) is 3.50. The second kappa shape index (κ2) is 5.90. The van der Waals surface area contributed by atoms with E-state index in [-0.39, 0.29) is 0 Å². The van der Waals surface area contributed by atoms with Crippen LogP contribution in [0, 0.1) is 12.3 Å². The van der Waals surface area contributed by atoms with Crippen LogP contribution in [0.3, 0.4) is 0 Å². The Morgan fingerprint density at radius 3 is 2.29 bits per heavy atom. The molecule has 0 aromatic heterocycles. The molecule has 2 aromatic carbocycles. The third-order valence-electron chi connectivity index (χ3n) is 3.50. The van der Waals surface area contributed by atoms with Crippen molar-refractivity contribution in [2.24, 2.45) is 0 Å². The van der Waals surface area contributed by atoms with Gasteiger partial charge in [0.2, 0.25) is 0 Å².